The fraction of sp³-hybridized carbons (Fsp3) is 0.105. The van der Waals surface area contributed by atoms with Crippen molar-refractivity contribution >= 4 is 54.1 Å². The lowest BCUT2D eigenvalue weighted by molar-refractivity contribution is 0.259. The van der Waals surface area contributed by atoms with Crippen molar-refractivity contribution in [2.75, 3.05) is 5.32 Å². The van der Waals surface area contributed by atoms with E-state index < -0.39 is 36.1 Å². The molecule has 3 rings (SSSR count). The third-order valence-corrected chi connectivity index (χ3v) is 6.15. The minimum Gasteiger partial charge on any atom is -0.351 e. The van der Waals surface area contributed by atoms with Gasteiger partial charge in [-0.05, 0) is 60.7 Å². The monoisotopic (exact) mass is 478 g/mol. The van der Waals surface area contributed by atoms with Crippen LogP contribution in [0.2, 0.25) is 0 Å². The third-order valence-electron chi connectivity index (χ3n) is 4.37. The molecular weight excluding hydrogens is 460 g/mol. The number of hydrogen-bond donors (Lipinski definition) is 4. The van der Waals surface area contributed by atoms with Crippen molar-refractivity contribution < 1.29 is 30.7 Å². The number of carbonyl (C=O) groups is 1. The zero-order valence-corrected chi connectivity index (χ0v) is 18.4. The first kappa shape index (κ1) is 23.3. The maximum atomic E-state index is 11.9. The summed E-state index contributed by atoms with van der Waals surface area (Å²) in [6.07, 6.45) is 0. The second-order valence-corrected chi connectivity index (χ2v) is 9.74. The maximum absolute atomic E-state index is 11.9. The topological polar surface area (TPSA) is 189 Å². The van der Waals surface area contributed by atoms with Gasteiger partial charge in [0.2, 0.25) is 0 Å². The Bertz CT molecular complexity index is 1500. The van der Waals surface area contributed by atoms with Crippen LogP contribution in [-0.4, -0.2) is 32.0 Å². The van der Waals surface area contributed by atoms with Gasteiger partial charge < -0.3 is 11.1 Å². The molecule has 3 aromatic rings. The van der Waals surface area contributed by atoms with Crippen molar-refractivity contribution in [3.8, 4) is 0 Å². The van der Waals surface area contributed by atoms with E-state index in [0.717, 1.165) is 17.7 Å². The van der Waals surface area contributed by atoms with Crippen LogP contribution in [0.1, 0.15) is 11.1 Å². The van der Waals surface area contributed by atoms with Crippen molar-refractivity contribution in [2.45, 2.75) is 23.6 Å². The van der Waals surface area contributed by atoms with Gasteiger partial charge in [0, 0.05) is 5.39 Å². The molecule has 0 aromatic heterocycles. The number of nitrogens with one attached hydrogen (secondary N) is 1. The average molecular weight is 479 g/mol. The Morgan fingerprint density at radius 1 is 0.844 bits per heavy atom. The smallest absolute Gasteiger partial charge is 0.316 e. The molecule has 0 aliphatic heterocycles. The molecule has 0 saturated heterocycles. The molecule has 2 amide bonds. The highest BCUT2D eigenvalue weighted by Crippen LogP contribution is 2.36. The number of primary amides is 1. The van der Waals surface area contributed by atoms with Crippen LogP contribution in [0.15, 0.2) is 62.5 Å². The molecule has 0 saturated carbocycles. The van der Waals surface area contributed by atoms with Gasteiger partial charge in [0.15, 0.2) is 0 Å². The summed E-state index contributed by atoms with van der Waals surface area (Å²) in [6.45, 7) is 3.31. The number of anilines is 1. The number of rotatable bonds is 5. The minimum atomic E-state index is -4.78. The molecule has 0 unspecified atom stereocenters. The molecule has 11 nitrogen and oxygen atoms in total. The summed E-state index contributed by atoms with van der Waals surface area (Å²) >= 11 is 0. The molecule has 0 spiro atoms. The molecule has 168 valence electrons. The SMILES string of the molecule is Cc1ccc(N=Nc2cc3c(S(=O)(=O)O)cc(C)cc3cc2S(=O)(=O)O)c(NC(N)=O)c1. The highest BCUT2D eigenvalue weighted by molar-refractivity contribution is 7.86. The van der Waals surface area contributed by atoms with Gasteiger partial charge in [-0.3, -0.25) is 9.11 Å². The number of benzene rings is 3. The van der Waals surface area contributed by atoms with Gasteiger partial charge in [-0.25, -0.2) is 4.79 Å². The molecule has 0 aliphatic rings. The Balaban J connectivity index is 2.28. The van der Waals surface area contributed by atoms with Crippen LogP contribution in [0.3, 0.4) is 0 Å². The fourth-order valence-electron chi connectivity index (χ4n) is 3.06. The van der Waals surface area contributed by atoms with Gasteiger partial charge in [-0.1, -0.05) is 12.1 Å². The first-order valence-electron chi connectivity index (χ1n) is 8.88. The van der Waals surface area contributed by atoms with Crippen molar-refractivity contribution in [3.63, 3.8) is 0 Å². The summed E-state index contributed by atoms with van der Waals surface area (Å²) in [5.74, 6) is 0. The zero-order valence-electron chi connectivity index (χ0n) is 16.8. The zero-order chi connectivity index (χ0) is 23.8. The standard InChI is InChI=1S/C19H18N4O7S2/c1-10-3-4-14(15(6-10)21-19(20)24)22-23-16-9-13-12(8-18(16)32(28,29)30)5-11(2)7-17(13)31(25,26)27/h3-9H,1-2H3,(H3,20,21,24)(H,25,26,27)(H,28,29,30). The molecular formula is C19H18N4O7S2. The van der Waals surface area contributed by atoms with Crippen LogP contribution in [0.4, 0.5) is 21.9 Å². The number of nitrogens with two attached hydrogens (primary N) is 1. The molecule has 0 radical (unpaired) electrons. The van der Waals surface area contributed by atoms with Crippen molar-refractivity contribution in [1.82, 2.24) is 0 Å². The lowest BCUT2D eigenvalue weighted by Gasteiger charge is -2.10. The van der Waals surface area contributed by atoms with Crippen LogP contribution in [0.25, 0.3) is 10.8 Å². The predicted molar refractivity (Wildman–Crippen MR) is 117 cm³/mol. The number of urea groups is 1. The number of fused-ring (bicyclic) bond motifs is 1. The van der Waals surface area contributed by atoms with Gasteiger partial charge in [0.1, 0.15) is 21.2 Å². The van der Waals surface area contributed by atoms with Gasteiger partial charge in [0.25, 0.3) is 20.2 Å². The maximum Gasteiger partial charge on any atom is 0.316 e. The number of aryl methyl sites for hydroxylation is 2. The molecule has 13 heteroatoms. The Morgan fingerprint density at radius 3 is 2.06 bits per heavy atom. The van der Waals surface area contributed by atoms with Gasteiger partial charge >= 0.3 is 6.03 Å². The lowest BCUT2D eigenvalue weighted by Crippen LogP contribution is -2.19. The first-order valence-corrected chi connectivity index (χ1v) is 11.8. The van der Waals surface area contributed by atoms with E-state index in [2.05, 4.69) is 15.5 Å². The Morgan fingerprint density at radius 2 is 1.47 bits per heavy atom. The number of amides is 2. The minimum absolute atomic E-state index is 0.0289. The molecule has 0 atom stereocenters. The van der Waals surface area contributed by atoms with E-state index in [1.807, 2.05) is 0 Å². The number of nitrogens with zero attached hydrogens (tertiary/aromatic N) is 2. The molecule has 0 fully saturated rings. The summed E-state index contributed by atoms with van der Waals surface area (Å²) in [7, 11) is -9.44. The van der Waals surface area contributed by atoms with E-state index in [1.54, 1.807) is 26.0 Å². The van der Waals surface area contributed by atoms with Crippen LogP contribution < -0.4 is 11.1 Å². The highest BCUT2D eigenvalue weighted by Gasteiger charge is 2.21. The second kappa shape index (κ2) is 8.27. The van der Waals surface area contributed by atoms with Crippen molar-refractivity contribution in [3.05, 3.63) is 53.6 Å². The van der Waals surface area contributed by atoms with Crippen molar-refractivity contribution in [2.24, 2.45) is 16.0 Å². The number of carbonyl (C=O) groups excluding carboxylic acids is 1. The lowest BCUT2D eigenvalue weighted by atomic mass is 10.1. The number of hydrogen-bond acceptors (Lipinski definition) is 7. The summed E-state index contributed by atoms with van der Waals surface area (Å²) in [5.41, 5.74) is 6.28. The average Bonchev–Trinajstić information content (AvgIpc) is 2.64. The molecule has 3 aromatic carbocycles. The van der Waals surface area contributed by atoms with Crippen LogP contribution in [0.5, 0.6) is 0 Å². The van der Waals surface area contributed by atoms with E-state index >= 15 is 0 Å². The quantitative estimate of drug-likeness (QED) is 0.316. The van der Waals surface area contributed by atoms with Crippen LogP contribution in [-0.2, 0) is 20.2 Å². The van der Waals surface area contributed by atoms with Gasteiger partial charge in [-0.2, -0.15) is 16.8 Å². The predicted octanol–water partition coefficient (Wildman–Crippen LogP) is 3.86. The molecule has 0 aliphatic carbocycles. The summed E-state index contributed by atoms with van der Waals surface area (Å²) < 4.78 is 66.8. The molecule has 0 bridgehead atoms. The van der Waals surface area contributed by atoms with E-state index in [9.17, 15) is 30.7 Å². The summed E-state index contributed by atoms with van der Waals surface area (Å²) in [5, 5.41) is 10.3. The van der Waals surface area contributed by atoms with E-state index in [0.29, 0.717) is 5.56 Å². The number of azo groups is 1. The second-order valence-electron chi connectivity index (χ2n) is 6.96. The van der Waals surface area contributed by atoms with Gasteiger partial charge in [0.05, 0.1) is 5.69 Å². The Labute approximate surface area is 183 Å². The van der Waals surface area contributed by atoms with Crippen LogP contribution in [0, 0.1) is 13.8 Å². The largest absolute Gasteiger partial charge is 0.351 e. The van der Waals surface area contributed by atoms with Crippen LogP contribution >= 0.6 is 0 Å². The Kier molecular flexibility index (Phi) is 6.02. The summed E-state index contributed by atoms with van der Waals surface area (Å²) in [4.78, 5) is 10.2. The normalized spacial score (nSPS) is 12.4. The van der Waals surface area contributed by atoms with E-state index in [-0.39, 0.29) is 27.8 Å². The van der Waals surface area contributed by atoms with E-state index in [1.165, 1.54) is 18.2 Å². The highest BCUT2D eigenvalue weighted by atomic mass is 32.2. The van der Waals surface area contributed by atoms with Crippen molar-refractivity contribution in [1.29, 1.82) is 0 Å². The third kappa shape index (κ3) is 5.08. The van der Waals surface area contributed by atoms with E-state index in [4.69, 9.17) is 5.73 Å². The fourth-order valence-corrected chi connectivity index (χ4v) is 4.49. The summed E-state index contributed by atoms with van der Waals surface area (Å²) in [6, 6.07) is 8.63. The Hall–Kier alpha value is -3.39. The van der Waals surface area contributed by atoms with Gasteiger partial charge in [-0.15, -0.1) is 10.2 Å². The molecule has 0 heterocycles. The first-order chi connectivity index (χ1) is 14.8. The molecule has 5 N–H and O–H groups in total. The molecule has 32 heavy (non-hydrogen) atoms.